The van der Waals surface area contributed by atoms with Crippen LogP contribution in [0.1, 0.15) is 11.1 Å². The van der Waals surface area contributed by atoms with Gasteiger partial charge in [-0.05, 0) is 48.4 Å². The Morgan fingerprint density at radius 2 is 2.05 bits per heavy atom. The Balaban J connectivity index is 1.73. The lowest BCUT2D eigenvalue weighted by Gasteiger charge is -2.10. The fourth-order valence-corrected chi connectivity index (χ4v) is 2.45. The van der Waals surface area contributed by atoms with Crippen molar-refractivity contribution in [2.24, 2.45) is 0 Å². The highest BCUT2D eigenvalue weighted by molar-refractivity contribution is 9.10. The molecule has 3 aromatic rings. The standard InChI is InChI=1S/C17H16BrN3/c1-13-10-14(6-7-17(13)18)12-19-15-4-2-5-16(11-15)21-9-3-8-20-21/h2-11,19H,12H2,1H3. The maximum absolute atomic E-state index is 4.25. The third-order valence-corrected chi connectivity index (χ3v) is 4.22. The topological polar surface area (TPSA) is 29.9 Å². The molecule has 3 rings (SSSR count). The lowest BCUT2D eigenvalue weighted by molar-refractivity contribution is 0.880. The fourth-order valence-electron chi connectivity index (χ4n) is 2.20. The molecule has 0 spiro atoms. The van der Waals surface area contributed by atoms with Gasteiger partial charge in [0.05, 0.1) is 5.69 Å². The molecule has 0 fully saturated rings. The first-order valence-electron chi connectivity index (χ1n) is 6.81. The summed E-state index contributed by atoms with van der Waals surface area (Å²) < 4.78 is 3.00. The monoisotopic (exact) mass is 341 g/mol. The molecule has 0 radical (unpaired) electrons. The van der Waals surface area contributed by atoms with E-state index in [0.29, 0.717) is 0 Å². The van der Waals surface area contributed by atoms with E-state index in [-0.39, 0.29) is 0 Å². The van der Waals surface area contributed by atoms with Crippen LogP contribution in [0.2, 0.25) is 0 Å². The summed E-state index contributed by atoms with van der Waals surface area (Å²) in [5, 5.41) is 7.70. The minimum Gasteiger partial charge on any atom is -0.381 e. The van der Waals surface area contributed by atoms with E-state index in [2.05, 4.69) is 63.6 Å². The molecule has 0 saturated heterocycles. The quantitative estimate of drug-likeness (QED) is 0.754. The Bertz CT molecular complexity index is 736. The number of aromatic nitrogens is 2. The van der Waals surface area contributed by atoms with Gasteiger partial charge in [0.25, 0.3) is 0 Å². The van der Waals surface area contributed by atoms with Crippen LogP contribution in [0.4, 0.5) is 5.69 Å². The van der Waals surface area contributed by atoms with Gasteiger partial charge in [-0.3, -0.25) is 0 Å². The van der Waals surface area contributed by atoms with E-state index in [1.165, 1.54) is 11.1 Å². The molecule has 0 aliphatic carbocycles. The van der Waals surface area contributed by atoms with E-state index in [9.17, 15) is 0 Å². The average Bonchev–Trinajstić information content (AvgIpc) is 3.03. The second kappa shape index (κ2) is 6.14. The summed E-state index contributed by atoms with van der Waals surface area (Å²) in [7, 11) is 0. The van der Waals surface area contributed by atoms with Gasteiger partial charge in [0.1, 0.15) is 0 Å². The molecule has 0 bridgehead atoms. The van der Waals surface area contributed by atoms with Gasteiger partial charge in [-0.2, -0.15) is 5.10 Å². The van der Waals surface area contributed by atoms with Crippen LogP contribution >= 0.6 is 15.9 Å². The molecular weight excluding hydrogens is 326 g/mol. The van der Waals surface area contributed by atoms with Crippen LogP contribution in [0.5, 0.6) is 0 Å². The summed E-state index contributed by atoms with van der Waals surface area (Å²) in [4.78, 5) is 0. The lowest BCUT2D eigenvalue weighted by Crippen LogP contribution is -2.01. The van der Waals surface area contributed by atoms with E-state index in [1.54, 1.807) is 6.20 Å². The van der Waals surface area contributed by atoms with Crippen molar-refractivity contribution in [2.45, 2.75) is 13.5 Å². The molecule has 0 amide bonds. The van der Waals surface area contributed by atoms with Crippen molar-refractivity contribution in [2.75, 3.05) is 5.32 Å². The third-order valence-electron chi connectivity index (χ3n) is 3.33. The highest BCUT2D eigenvalue weighted by Gasteiger charge is 2.00. The summed E-state index contributed by atoms with van der Waals surface area (Å²) in [6.45, 7) is 2.91. The summed E-state index contributed by atoms with van der Waals surface area (Å²) in [6.07, 6.45) is 3.72. The van der Waals surface area contributed by atoms with E-state index in [4.69, 9.17) is 0 Å². The van der Waals surface area contributed by atoms with Gasteiger partial charge < -0.3 is 5.32 Å². The predicted octanol–water partition coefficient (Wildman–Crippen LogP) is 4.56. The van der Waals surface area contributed by atoms with Gasteiger partial charge in [-0.15, -0.1) is 0 Å². The number of hydrogen-bond donors (Lipinski definition) is 1. The molecule has 3 nitrogen and oxygen atoms in total. The molecule has 0 unspecified atom stereocenters. The van der Waals surface area contributed by atoms with Crippen LogP contribution in [-0.2, 0) is 6.54 Å². The van der Waals surface area contributed by atoms with Crippen LogP contribution in [0.3, 0.4) is 0 Å². The average molecular weight is 342 g/mol. The maximum Gasteiger partial charge on any atom is 0.0666 e. The van der Waals surface area contributed by atoms with Gasteiger partial charge in [0.15, 0.2) is 0 Å². The molecule has 0 aliphatic heterocycles. The Labute approximate surface area is 132 Å². The number of rotatable bonds is 4. The van der Waals surface area contributed by atoms with Gasteiger partial charge in [-0.25, -0.2) is 4.68 Å². The molecule has 21 heavy (non-hydrogen) atoms. The van der Waals surface area contributed by atoms with Crippen LogP contribution in [0.25, 0.3) is 5.69 Å². The largest absolute Gasteiger partial charge is 0.381 e. The van der Waals surface area contributed by atoms with E-state index < -0.39 is 0 Å². The second-order valence-electron chi connectivity index (χ2n) is 4.94. The lowest BCUT2D eigenvalue weighted by atomic mass is 10.1. The molecular formula is C17H16BrN3. The van der Waals surface area contributed by atoms with Crippen molar-refractivity contribution in [3.63, 3.8) is 0 Å². The second-order valence-corrected chi connectivity index (χ2v) is 5.79. The zero-order valence-electron chi connectivity index (χ0n) is 11.8. The Morgan fingerprint density at radius 3 is 2.81 bits per heavy atom. The van der Waals surface area contributed by atoms with Crippen LogP contribution in [-0.4, -0.2) is 9.78 Å². The zero-order valence-corrected chi connectivity index (χ0v) is 13.3. The van der Waals surface area contributed by atoms with Gasteiger partial charge in [-0.1, -0.05) is 34.1 Å². The van der Waals surface area contributed by atoms with Gasteiger partial charge in [0, 0.05) is 29.1 Å². The molecule has 0 atom stereocenters. The zero-order chi connectivity index (χ0) is 14.7. The number of hydrogen-bond acceptors (Lipinski definition) is 2. The minimum atomic E-state index is 0.802. The van der Waals surface area contributed by atoms with Crippen molar-refractivity contribution in [1.29, 1.82) is 0 Å². The highest BCUT2D eigenvalue weighted by Crippen LogP contribution is 2.19. The number of benzene rings is 2. The molecule has 2 aromatic carbocycles. The number of halogens is 1. The summed E-state index contributed by atoms with van der Waals surface area (Å²) in [5.74, 6) is 0. The molecule has 1 aromatic heterocycles. The third kappa shape index (κ3) is 3.34. The van der Waals surface area contributed by atoms with E-state index >= 15 is 0 Å². The van der Waals surface area contributed by atoms with Crippen LogP contribution < -0.4 is 5.32 Å². The van der Waals surface area contributed by atoms with Crippen molar-refractivity contribution >= 4 is 21.6 Å². The van der Waals surface area contributed by atoms with Crippen molar-refractivity contribution < 1.29 is 0 Å². The first-order chi connectivity index (χ1) is 10.2. The van der Waals surface area contributed by atoms with Crippen molar-refractivity contribution in [3.05, 3.63) is 76.5 Å². The van der Waals surface area contributed by atoms with E-state index in [0.717, 1.165) is 22.4 Å². The summed E-state index contributed by atoms with van der Waals surface area (Å²) in [6, 6.07) is 16.6. The Morgan fingerprint density at radius 1 is 1.14 bits per heavy atom. The predicted molar refractivity (Wildman–Crippen MR) is 89.8 cm³/mol. The summed E-state index contributed by atoms with van der Waals surface area (Å²) >= 11 is 3.53. The smallest absolute Gasteiger partial charge is 0.0666 e. The van der Waals surface area contributed by atoms with Gasteiger partial charge in [0.2, 0.25) is 0 Å². The SMILES string of the molecule is Cc1cc(CNc2cccc(-n3cccn3)c2)ccc1Br. The Kier molecular flexibility index (Phi) is 4.06. The molecule has 1 heterocycles. The molecule has 0 aliphatic rings. The van der Waals surface area contributed by atoms with E-state index in [1.807, 2.05) is 29.1 Å². The first kappa shape index (κ1) is 13.9. The number of nitrogens with zero attached hydrogens (tertiary/aromatic N) is 2. The normalized spacial score (nSPS) is 10.6. The highest BCUT2D eigenvalue weighted by atomic mass is 79.9. The number of nitrogens with one attached hydrogen (secondary N) is 1. The fraction of sp³-hybridized carbons (Fsp3) is 0.118. The first-order valence-corrected chi connectivity index (χ1v) is 7.61. The van der Waals surface area contributed by atoms with Crippen molar-refractivity contribution in [3.8, 4) is 5.69 Å². The van der Waals surface area contributed by atoms with Crippen LogP contribution in [0, 0.1) is 6.92 Å². The molecule has 4 heteroatoms. The number of anilines is 1. The van der Waals surface area contributed by atoms with Crippen LogP contribution in [0.15, 0.2) is 65.4 Å². The maximum atomic E-state index is 4.25. The minimum absolute atomic E-state index is 0.802. The molecule has 1 N–H and O–H groups in total. The Hall–Kier alpha value is -2.07. The number of aryl methyl sites for hydroxylation is 1. The van der Waals surface area contributed by atoms with Gasteiger partial charge >= 0.3 is 0 Å². The summed E-state index contributed by atoms with van der Waals surface area (Å²) in [5.41, 5.74) is 4.65. The molecule has 106 valence electrons. The molecule has 0 saturated carbocycles. The van der Waals surface area contributed by atoms with Crippen molar-refractivity contribution in [1.82, 2.24) is 9.78 Å².